The zero-order valence-electron chi connectivity index (χ0n) is 12.1. The highest BCUT2D eigenvalue weighted by Crippen LogP contribution is 2.26. The van der Waals surface area contributed by atoms with E-state index in [1.807, 2.05) is 19.1 Å². The molecule has 2 aromatic rings. The van der Waals surface area contributed by atoms with Crippen LogP contribution in [-0.2, 0) is 11.2 Å². The molecule has 3 nitrogen and oxygen atoms in total. The maximum atomic E-state index is 5.96. The number of ether oxygens (including phenoxy) is 1. The van der Waals surface area contributed by atoms with Crippen LogP contribution < -0.4 is 5.73 Å². The molecule has 0 aliphatic rings. The number of thioether (sulfide) groups is 1. The quantitative estimate of drug-likeness (QED) is 0.628. The number of aromatic nitrogens is 1. The van der Waals surface area contributed by atoms with Crippen LogP contribution in [-0.4, -0.2) is 30.5 Å². The minimum absolute atomic E-state index is 0.149. The first-order valence-electron chi connectivity index (χ1n) is 6.96. The van der Waals surface area contributed by atoms with Crippen molar-refractivity contribution in [3.8, 4) is 0 Å². The summed E-state index contributed by atoms with van der Waals surface area (Å²) in [5.41, 5.74) is 8.26. The van der Waals surface area contributed by atoms with Gasteiger partial charge < -0.3 is 10.5 Å². The molecular weight excluding hydrogens is 268 g/mol. The number of benzene rings is 1. The van der Waals surface area contributed by atoms with E-state index in [4.69, 9.17) is 15.5 Å². The van der Waals surface area contributed by atoms with Gasteiger partial charge in [0.25, 0.3) is 0 Å². The summed E-state index contributed by atoms with van der Waals surface area (Å²) in [5.74, 6) is 1.02. The van der Waals surface area contributed by atoms with E-state index >= 15 is 0 Å². The van der Waals surface area contributed by atoms with Gasteiger partial charge in [0.05, 0.1) is 10.5 Å². The van der Waals surface area contributed by atoms with Crippen LogP contribution in [0.3, 0.4) is 0 Å². The minimum Gasteiger partial charge on any atom is -0.385 e. The minimum atomic E-state index is 0.149. The first-order valence-corrected chi connectivity index (χ1v) is 7.95. The molecule has 0 aliphatic heterocycles. The Morgan fingerprint density at radius 3 is 2.90 bits per heavy atom. The Bertz CT molecular complexity index is 557. The van der Waals surface area contributed by atoms with Gasteiger partial charge in [-0.2, -0.15) is 0 Å². The van der Waals surface area contributed by atoms with Crippen molar-refractivity contribution >= 4 is 22.7 Å². The summed E-state index contributed by atoms with van der Waals surface area (Å²) in [6, 6.07) is 10.6. The molecule has 0 radical (unpaired) electrons. The molecule has 1 heterocycles. The molecule has 4 heteroatoms. The van der Waals surface area contributed by atoms with Gasteiger partial charge in [0.15, 0.2) is 0 Å². The fraction of sp³-hybridized carbons (Fsp3) is 0.438. The topological polar surface area (TPSA) is 48.1 Å². The second-order valence-electron chi connectivity index (χ2n) is 5.02. The highest BCUT2D eigenvalue weighted by atomic mass is 32.2. The lowest BCUT2D eigenvalue weighted by molar-refractivity contribution is 0.200. The number of hydrogen-bond donors (Lipinski definition) is 1. The predicted molar refractivity (Wildman–Crippen MR) is 86.3 cm³/mol. The van der Waals surface area contributed by atoms with E-state index in [-0.39, 0.29) is 6.04 Å². The molecular formula is C16H22N2OS. The Hall–Kier alpha value is -1.10. The van der Waals surface area contributed by atoms with Crippen molar-refractivity contribution in [1.82, 2.24) is 4.98 Å². The van der Waals surface area contributed by atoms with Gasteiger partial charge in [-0.15, -0.1) is 11.8 Å². The van der Waals surface area contributed by atoms with Crippen LogP contribution in [0, 0.1) is 0 Å². The summed E-state index contributed by atoms with van der Waals surface area (Å²) < 4.78 is 5.09. The smallest absolute Gasteiger partial charge is 0.1000 e. The normalized spacial score (nSPS) is 12.8. The number of nitrogens with zero attached hydrogens (tertiary/aromatic N) is 1. The van der Waals surface area contributed by atoms with Crippen LogP contribution in [0.4, 0.5) is 0 Å². The van der Waals surface area contributed by atoms with Gasteiger partial charge in [0.1, 0.15) is 0 Å². The van der Waals surface area contributed by atoms with Crippen molar-refractivity contribution in [3.05, 3.63) is 35.9 Å². The van der Waals surface area contributed by atoms with Gasteiger partial charge in [-0.1, -0.05) is 18.2 Å². The Morgan fingerprint density at radius 1 is 1.35 bits per heavy atom. The highest BCUT2D eigenvalue weighted by molar-refractivity contribution is 7.99. The van der Waals surface area contributed by atoms with Crippen LogP contribution >= 0.6 is 11.8 Å². The fourth-order valence-electron chi connectivity index (χ4n) is 2.13. The lowest BCUT2D eigenvalue weighted by Crippen LogP contribution is -2.18. The molecule has 1 aromatic heterocycles. The molecule has 0 spiro atoms. The van der Waals surface area contributed by atoms with E-state index in [0.717, 1.165) is 35.7 Å². The Morgan fingerprint density at radius 2 is 2.15 bits per heavy atom. The van der Waals surface area contributed by atoms with Crippen molar-refractivity contribution in [2.45, 2.75) is 30.8 Å². The molecule has 1 unspecified atom stereocenters. The van der Waals surface area contributed by atoms with Gasteiger partial charge in [-0.25, -0.2) is 4.98 Å². The van der Waals surface area contributed by atoms with Crippen LogP contribution in [0.2, 0.25) is 0 Å². The molecule has 0 saturated carbocycles. The summed E-state index contributed by atoms with van der Waals surface area (Å²) in [6.45, 7) is 2.83. The molecule has 0 amide bonds. The first-order chi connectivity index (χ1) is 9.70. The predicted octanol–water partition coefficient (Wildman–Crippen LogP) is 3.25. The van der Waals surface area contributed by atoms with Gasteiger partial charge in [-0.3, -0.25) is 0 Å². The molecule has 2 rings (SSSR count). The second-order valence-corrected chi connectivity index (χ2v) is 6.11. The molecule has 0 saturated heterocycles. The summed E-state index contributed by atoms with van der Waals surface area (Å²) >= 11 is 1.80. The molecule has 108 valence electrons. The third kappa shape index (κ3) is 4.20. The summed E-state index contributed by atoms with van der Waals surface area (Å²) in [5, 5.41) is 2.29. The standard InChI is InChI=1S/C16H22N2OS/c1-12(17)10-14-11-13-6-3-4-7-15(13)18-16(14)20-9-5-8-19-2/h3-4,6-7,11-12H,5,8-10,17H2,1-2H3. The van der Waals surface area contributed by atoms with Gasteiger partial charge in [0, 0.05) is 30.9 Å². The average Bonchev–Trinajstić information content (AvgIpc) is 2.43. The Labute approximate surface area is 124 Å². The molecule has 1 atom stereocenters. The van der Waals surface area contributed by atoms with E-state index < -0.39 is 0 Å². The average molecular weight is 290 g/mol. The number of nitrogens with two attached hydrogens (primary N) is 1. The number of methoxy groups -OCH3 is 1. The largest absolute Gasteiger partial charge is 0.385 e. The van der Waals surface area contributed by atoms with Crippen molar-refractivity contribution in [3.63, 3.8) is 0 Å². The lowest BCUT2D eigenvalue weighted by atomic mass is 10.1. The van der Waals surface area contributed by atoms with E-state index in [9.17, 15) is 0 Å². The number of hydrogen-bond acceptors (Lipinski definition) is 4. The lowest BCUT2D eigenvalue weighted by Gasteiger charge is -2.12. The monoisotopic (exact) mass is 290 g/mol. The zero-order valence-corrected chi connectivity index (χ0v) is 13.0. The van der Waals surface area contributed by atoms with E-state index in [2.05, 4.69) is 18.2 Å². The zero-order chi connectivity index (χ0) is 14.4. The molecule has 1 aromatic carbocycles. The SMILES string of the molecule is COCCCSc1nc2ccccc2cc1CC(C)N. The summed E-state index contributed by atoms with van der Waals surface area (Å²) in [6.07, 6.45) is 1.90. The van der Waals surface area contributed by atoms with Crippen LogP contribution in [0.25, 0.3) is 10.9 Å². The van der Waals surface area contributed by atoms with Gasteiger partial charge >= 0.3 is 0 Å². The number of fused-ring (bicyclic) bond motifs is 1. The van der Waals surface area contributed by atoms with Crippen LogP contribution in [0.5, 0.6) is 0 Å². The van der Waals surface area contributed by atoms with Crippen LogP contribution in [0.1, 0.15) is 18.9 Å². The molecule has 0 aliphatic carbocycles. The summed E-state index contributed by atoms with van der Waals surface area (Å²) in [7, 11) is 1.74. The van der Waals surface area contributed by atoms with E-state index in [1.54, 1.807) is 18.9 Å². The summed E-state index contributed by atoms with van der Waals surface area (Å²) in [4.78, 5) is 4.79. The van der Waals surface area contributed by atoms with E-state index in [0.29, 0.717) is 0 Å². The third-order valence-corrected chi connectivity index (χ3v) is 4.16. The third-order valence-electron chi connectivity index (χ3n) is 3.04. The van der Waals surface area contributed by atoms with E-state index in [1.165, 1.54) is 10.9 Å². The first kappa shape index (κ1) is 15.3. The molecule has 0 fully saturated rings. The Kier molecular flexibility index (Phi) is 5.83. The van der Waals surface area contributed by atoms with Crippen molar-refractivity contribution in [2.75, 3.05) is 19.5 Å². The van der Waals surface area contributed by atoms with Crippen molar-refractivity contribution < 1.29 is 4.74 Å². The maximum Gasteiger partial charge on any atom is 0.1000 e. The second kappa shape index (κ2) is 7.62. The maximum absolute atomic E-state index is 5.96. The Balaban J connectivity index is 2.23. The molecule has 20 heavy (non-hydrogen) atoms. The number of rotatable bonds is 7. The number of para-hydroxylation sites is 1. The molecule has 0 bridgehead atoms. The van der Waals surface area contributed by atoms with Crippen molar-refractivity contribution in [1.29, 1.82) is 0 Å². The fourth-order valence-corrected chi connectivity index (χ4v) is 3.08. The number of pyridine rings is 1. The van der Waals surface area contributed by atoms with Gasteiger partial charge in [0.2, 0.25) is 0 Å². The van der Waals surface area contributed by atoms with Crippen LogP contribution in [0.15, 0.2) is 35.4 Å². The highest BCUT2D eigenvalue weighted by Gasteiger charge is 2.09. The molecule has 2 N–H and O–H groups in total. The van der Waals surface area contributed by atoms with Gasteiger partial charge in [-0.05, 0) is 37.5 Å². The van der Waals surface area contributed by atoms with Crippen molar-refractivity contribution in [2.24, 2.45) is 5.73 Å².